The van der Waals surface area contributed by atoms with Crippen LogP contribution < -0.4 is 10.7 Å². The first kappa shape index (κ1) is 17.4. The van der Waals surface area contributed by atoms with Crippen LogP contribution in [0, 0.1) is 0 Å². The lowest BCUT2D eigenvalue weighted by molar-refractivity contribution is 0.104. The molecule has 0 aliphatic heterocycles. The van der Waals surface area contributed by atoms with Gasteiger partial charge in [0.25, 0.3) is 0 Å². The lowest BCUT2D eigenvalue weighted by Crippen LogP contribution is -2.15. The molecule has 0 atom stereocenters. The lowest BCUT2D eigenvalue weighted by Gasteiger charge is -1.99. The topological polar surface area (TPSA) is 46.2 Å². The first-order chi connectivity index (χ1) is 11.0. The Hall–Kier alpha value is -1.91. The third-order valence-electron chi connectivity index (χ3n) is 3.11. The van der Waals surface area contributed by atoms with Gasteiger partial charge in [-0.15, -0.1) is 0 Å². The van der Waals surface area contributed by atoms with Gasteiger partial charge in [-0.05, 0) is 48.9 Å². The number of halogens is 2. The summed E-state index contributed by atoms with van der Waals surface area (Å²) in [5.74, 6) is -0.346. The highest BCUT2D eigenvalue weighted by molar-refractivity contribution is 9.10. The molecule has 2 aromatic rings. The highest BCUT2D eigenvalue weighted by atomic mass is 79.9. The first-order valence-corrected chi connectivity index (χ1v) is 8.24. The van der Waals surface area contributed by atoms with E-state index in [0.717, 1.165) is 5.56 Å². The molecule has 2 aromatic carbocycles. The van der Waals surface area contributed by atoms with Crippen LogP contribution in [0.5, 0.6) is 0 Å². The molecule has 0 spiro atoms. The summed E-state index contributed by atoms with van der Waals surface area (Å²) in [6.07, 6.45) is 3.05. The van der Waals surface area contributed by atoms with Crippen LogP contribution in [0.3, 0.4) is 0 Å². The highest BCUT2D eigenvalue weighted by Gasteiger charge is 2.10. The van der Waals surface area contributed by atoms with E-state index >= 15 is 0 Å². The van der Waals surface area contributed by atoms with Crippen LogP contribution in [0.15, 0.2) is 57.8 Å². The molecular formula is C18H15BrClNO2. The maximum Gasteiger partial charge on any atom is 0.212 e. The zero-order chi connectivity index (χ0) is 16.8. The third kappa shape index (κ3) is 4.78. The molecule has 0 radical (unpaired) electrons. The fourth-order valence-corrected chi connectivity index (χ4v) is 2.47. The Morgan fingerprint density at radius 3 is 2.57 bits per heavy atom. The second kappa shape index (κ2) is 8.09. The molecule has 0 saturated heterocycles. The minimum absolute atomic E-state index is 0.114. The van der Waals surface area contributed by atoms with Crippen molar-refractivity contribution in [3.8, 4) is 0 Å². The maximum atomic E-state index is 12.5. The van der Waals surface area contributed by atoms with Crippen LogP contribution in [-0.2, 0) is 0 Å². The average Bonchev–Trinajstić information content (AvgIpc) is 2.68. The molecule has 0 aliphatic carbocycles. The Morgan fingerprint density at radius 2 is 1.91 bits per heavy atom. The molecule has 0 aromatic heterocycles. The highest BCUT2D eigenvalue weighted by Crippen LogP contribution is 2.14. The van der Waals surface area contributed by atoms with E-state index < -0.39 is 0 Å². The van der Waals surface area contributed by atoms with Gasteiger partial charge in [0.1, 0.15) is 0 Å². The van der Waals surface area contributed by atoms with Gasteiger partial charge in [0.05, 0.1) is 11.3 Å². The number of allylic oxidation sites excluding steroid dienone is 1. The second-order valence-corrected chi connectivity index (χ2v) is 6.15. The SMILES string of the molecule is CCNc1ccc(Br)cc(C(=O)/C=C/c2ccc(Cl)cc2)c1=O. The number of rotatable bonds is 5. The largest absolute Gasteiger partial charge is 0.382 e. The molecule has 0 heterocycles. The van der Waals surface area contributed by atoms with Gasteiger partial charge in [0, 0.05) is 16.0 Å². The third-order valence-corrected chi connectivity index (χ3v) is 3.86. The number of anilines is 1. The van der Waals surface area contributed by atoms with Crippen molar-refractivity contribution in [2.45, 2.75) is 6.92 Å². The molecule has 0 amide bonds. The quantitative estimate of drug-likeness (QED) is 0.588. The summed E-state index contributed by atoms with van der Waals surface area (Å²) >= 11 is 9.15. The van der Waals surface area contributed by atoms with E-state index in [4.69, 9.17) is 11.6 Å². The van der Waals surface area contributed by atoms with E-state index in [1.807, 2.05) is 6.92 Å². The fourth-order valence-electron chi connectivity index (χ4n) is 1.98. The van der Waals surface area contributed by atoms with Crippen molar-refractivity contribution >= 4 is 45.1 Å². The Kier molecular flexibility index (Phi) is 6.13. The van der Waals surface area contributed by atoms with Gasteiger partial charge >= 0.3 is 0 Å². The standard InChI is InChI=1S/C18H15BrClNO2/c1-2-21-16-9-6-13(19)11-15(18(16)23)17(22)10-5-12-3-7-14(20)8-4-12/h3-11H,2H2,1H3,(H,21,23)/b10-5+. The molecule has 3 nitrogen and oxygen atoms in total. The van der Waals surface area contributed by atoms with E-state index in [1.54, 1.807) is 42.5 Å². The van der Waals surface area contributed by atoms with E-state index in [2.05, 4.69) is 21.2 Å². The van der Waals surface area contributed by atoms with Crippen LogP contribution >= 0.6 is 27.5 Å². The molecule has 0 aliphatic rings. The number of nitrogens with one attached hydrogen (secondary N) is 1. The summed E-state index contributed by atoms with van der Waals surface area (Å²) in [4.78, 5) is 24.8. The summed E-state index contributed by atoms with van der Waals surface area (Å²) in [5.41, 5.74) is 1.04. The number of hydrogen-bond donors (Lipinski definition) is 1. The molecule has 2 rings (SSSR count). The minimum Gasteiger partial charge on any atom is -0.382 e. The summed E-state index contributed by atoms with van der Waals surface area (Å²) in [5, 5.41) is 3.60. The molecule has 0 fully saturated rings. The van der Waals surface area contributed by atoms with Crippen LogP contribution in [-0.4, -0.2) is 12.3 Å². The lowest BCUT2D eigenvalue weighted by atomic mass is 10.1. The van der Waals surface area contributed by atoms with Gasteiger partial charge < -0.3 is 5.32 Å². The number of carbonyl (C=O) groups excluding carboxylic acids is 1. The van der Waals surface area contributed by atoms with E-state index in [9.17, 15) is 9.59 Å². The van der Waals surface area contributed by atoms with Crippen LogP contribution in [0.4, 0.5) is 5.69 Å². The molecule has 23 heavy (non-hydrogen) atoms. The molecule has 0 bridgehead atoms. The van der Waals surface area contributed by atoms with Crippen molar-refractivity contribution in [3.05, 3.63) is 79.4 Å². The van der Waals surface area contributed by atoms with Crippen molar-refractivity contribution in [3.63, 3.8) is 0 Å². The summed E-state index contributed by atoms with van der Waals surface area (Å²) in [6.45, 7) is 2.49. The molecule has 118 valence electrons. The number of ketones is 1. The van der Waals surface area contributed by atoms with Gasteiger partial charge in [-0.25, -0.2) is 0 Å². The van der Waals surface area contributed by atoms with Crippen molar-refractivity contribution in [2.24, 2.45) is 0 Å². The molecule has 5 heteroatoms. The zero-order valence-corrected chi connectivity index (χ0v) is 14.8. The summed E-state index contributed by atoms with van der Waals surface area (Å²) in [6, 6.07) is 12.0. The van der Waals surface area contributed by atoms with Crippen LogP contribution in [0.1, 0.15) is 22.8 Å². The van der Waals surface area contributed by atoms with Crippen molar-refractivity contribution in [2.75, 3.05) is 11.9 Å². The van der Waals surface area contributed by atoms with Gasteiger partial charge in [-0.1, -0.05) is 45.7 Å². The summed E-state index contributed by atoms with van der Waals surface area (Å²) in [7, 11) is 0. The van der Waals surface area contributed by atoms with Crippen LogP contribution in [0.25, 0.3) is 6.08 Å². The maximum absolute atomic E-state index is 12.5. The Balaban J connectivity index is 2.37. The van der Waals surface area contributed by atoms with Crippen molar-refractivity contribution in [1.82, 2.24) is 0 Å². The van der Waals surface area contributed by atoms with Gasteiger partial charge in [0.2, 0.25) is 5.43 Å². The molecule has 0 saturated carbocycles. The number of carbonyl (C=O) groups is 1. The second-order valence-electron chi connectivity index (χ2n) is 4.80. The average molecular weight is 393 g/mol. The van der Waals surface area contributed by atoms with E-state index in [-0.39, 0.29) is 16.8 Å². The predicted molar refractivity (Wildman–Crippen MR) is 99.4 cm³/mol. The Morgan fingerprint density at radius 1 is 1.22 bits per heavy atom. The Labute approximate surface area is 148 Å². The summed E-state index contributed by atoms with van der Waals surface area (Å²) < 4.78 is 0.669. The zero-order valence-electron chi connectivity index (χ0n) is 12.5. The fraction of sp³-hybridized carbons (Fsp3) is 0.111. The normalized spacial score (nSPS) is 10.7. The van der Waals surface area contributed by atoms with E-state index in [1.165, 1.54) is 12.1 Å². The molecular weight excluding hydrogens is 378 g/mol. The minimum atomic E-state index is -0.346. The van der Waals surface area contributed by atoms with Gasteiger partial charge in [-0.3, -0.25) is 9.59 Å². The van der Waals surface area contributed by atoms with Crippen molar-refractivity contribution in [1.29, 1.82) is 0 Å². The number of benzene rings is 1. The van der Waals surface area contributed by atoms with Gasteiger partial charge in [-0.2, -0.15) is 0 Å². The predicted octanol–water partition coefficient (Wildman–Crippen LogP) is 4.79. The van der Waals surface area contributed by atoms with Gasteiger partial charge in [0.15, 0.2) is 5.78 Å². The van der Waals surface area contributed by atoms with Crippen molar-refractivity contribution < 1.29 is 4.79 Å². The smallest absolute Gasteiger partial charge is 0.212 e. The Bertz CT molecular complexity index is 801. The monoisotopic (exact) mass is 391 g/mol. The number of hydrogen-bond acceptors (Lipinski definition) is 3. The first-order valence-electron chi connectivity index (χ1n) is 7.07. The molecule has 0 unspecified atom stereocenters. The van der Waals surface area contributed by atoms with E-state index in [0.29, 0.717) is 21.7 Å². The molecule has 1 N–H and O–H groups in total. The van der Waals surface area contributed by atoms with Crippen LogP contribution in [0.2, 0.25) is 5.02 Å².